The van der Waals surface area contributed by atoms with Gasteiger partial charge in [0.05, 0.1) is 12.8 Å². The van der Waals surface area contributed by atoms with Crippen LogP contribution in [0.4, 0.5) is 5.69 Å². The predicted octanol–water partition coefficient (Wildman–Crippen LogP) is 4.05. The van der Waals surface area contributed by atoms with Crippen molar-refractivity contribution >= 4 is 16.5 Å². The third-order valence-electron chi connectivity index (χ3n) is 5.20. The van der Waals surface area contributed by atoms with Crippen LogP contribution in [-0.2, 0) is 0 Å². The summed E-state index contributed by atoms with van der Waals surface area (Å²) in [7, 11) is 1.74. The zero-order valence-corrected chi connectivity index (χ0v) is 15.8. The van der Waals surface area contributed by atoms with Gasteiger partial charge in [-0.2, -0.15) is 0 Å². The van der Waals surface area contributed by atoms with Crippen LogP contribution >= 0.6 is 0 Å². The minimum Gasteiger partial charge on any atom is -0.495 e. The van der Waals surface area contributed by atoms with Crippen molar-refractivity contribution in [2.45, 2.75) is 0 Å². The second-order valence-corrected chi connectivity index (χ2v) is 6.86. The number of fused-ring (bicyclic) bond motifs is 1. The van der Waals surface area contributed by atoms with E-state index in [1.54, 1.807) is 7.11 Å². The molecule has 3 aromatic rings. The quantitative estimate of drug-likeness (QED) is 0.660. The Morgan fingerprint density at radius 2 is 1.56 bits per heavy atom. The van der Waals surface area contributed by atoms with E-state index < -0.39 is 0 Å². The molecule has 1 saturated heterocycles. The molecule has 0 spiro atoms. The first-order valence-corrected chi connectivity index (χ1v) is 9.55. The first-order chi connectivity index (χ1) is 13.3. The van der Waals surface area contributed by atoms with Gasteiger partial charge in [-0.15, -0.1) is 0 Å². The summed E-state index contributed by atoms with van der Waals surface area (Å²) < 4.78 is 11.5. The van der Waals surface area contributed by atoms with E-state index in [1.807, 2.05) is 12.1 Å². The monoisotopic (exact) mass is 362 g/mol. The maximum Gasteiger partial charge on any atom is 0.142 e. The molecule has 3 aromatic carbocycles. The van der Waals surface area contributed by atoms with Gasteiger partial charge >= 0.3 is 0 Å². The summed E-state index contributed by atoms with van der Waals surface area (Å²) in [6, 6.07) is 22.9. The Kier molecular flexibility index (Phi) is 5.45. The Balaban J connectivity index is 1.27. The number of anilines is 1. The second kappa shape index (κ2) is 8.31. The highest BCUT2D eigenvalue weighted by Gasteiger charge is 2.19. The highest BCUT2D eigenvalue weighted by Crippen LogP contribution is 2.28. The molecule has 0 amide bonds. The molecule has 1 aliphatic heterocycles. The molecule has 4 rings (SSSR count). The van der Waals surface area contributed by atoms with E-state index in [2.05, 4.69) is 64.4 Å². The number of nitrogens with zero attached hydrogens (tertiary/aromatic N) is 2. The van der Waals surface area contributed by atoms with Crippen LogP contribution in [-0.4, -0.2) is 51.3 Å². The topological polar surface area (TPSA) is 24.9 Å². The molecule has 0 radical (unpaired) electrons. The molecule has 0 saturated carbocycles. The van der Waals surface area contributed by atoms with E-state index in [-0.39, 0.29) is 0 Å². The number of hydrogen-bond acceptors (Lipinski definition) is 4. The van der Waals surface area contributed by atoms with Crippen molar-refractivity contribution in [3.8, 4) is 11.5 Å². The van der Waals surface area contributed by atoms with E-state index >= 15 is 0 Å². The van der Waals surface area contributed by atoms with Crippen LogP contribution in [0.3, 0.4) is 0 Å². The molecule has 4 nitrogen and oxygen atoms in total. The molecule has 1 heterocycles. The zero-order valence-electron chi connectivity index (χ0n) is 15.8. The van der Waals surface area contributed by atoms with Crippen LogP contribution < -0.4 is 14.4 Å². The minimum absolute atomic E-state index is 0.715. The summed E-state index contributed by atoms with van der Waals surface area (Å²) in [6.07, 6.45) is 0. The van der Waals surface area contributed by atoms with Crippen molar-refractivity contribution in [2.75, 3.05) is 51.3 Å². The number of methoxy groups -OCH3 is 1. The lowest BCUT2D eigenvalue weighted by atomic mass is 10.1. The lowest BCUT2D eigenvalue weighted by molar-refractivity contribution is 0.200. The van der Waals surface area contributed by atoms with E-state index in [9.17, 15) is 0 Å². The normalized spacial score (nSPS) is 15.1. The van der Waals surface area contributed by atoms with Crippen LogP contribution in [0.25, 0.3) is 10.8 Å². The van der Waals surface area contributed by atoms with Crippen molar-refractivity contribution in [3.63, 3.8) is 0 Å². The number of para-hydroxylation sites is 2. The summed E-state index contributed by atoms with van der Waals surface area (Å²) >= 11 is 0. The van der Waals surface area contributed by atoms with Crippen LogP contribution in [0.15, 0.2) is 66.7 Å². The Morgan fingerprint density at radius 3 is 2.37 bits per heavy atom. The van der Waals surface area contributed by atoms with Gasteiger partial charge in [0, 0.05) is 32.7 Å². The Bertz CT molecular complexity index is 888. The van der Waals surface area contributed by atoms with Gasteiger partial charge in [0.1, 0.15) is 18.1 Å². The molecule has 0 aromatic heterocycles. The maximum absolute atomic E-state index is 5.99. The summed E-state index contributed by atoms with van der Waals surface area (Å²) in [5, 5.41) is 2.47. The molecule has 0 aliphatic carbocycles. The van der Waals surface area contributed by atoms with Crippen LogP contribution in [0.1, 0.15) is 0 Å². The van der Waals surface area contributed by atoms with Crippen molar-refractivity contribution in [1.29, 1.82) is 0 Å². The molecule has 27 heavy (non-hydrogen) atoms. The minimum atomic E-state index is 0.715. The van der Waals surface area contributed by atoms with Crippen molar-refractivity contribution in [3.05, 3.63) is 66.7 Å². The standard InChI is InChI=1S/C23H26N2O2/c1-26-23-9-5-4-8-22(23)25-14-12-24(13-15-25)16-17-27-21-11-10-19-6-2-3-7-20(19)18-21/h2-11,18H,12-17H2,1H3. The summed E-state index contributed by atoms with van der Waals surface area (Å²) in [5.41, 5.74) is 1.19. The Hall–Kier alpha value is -2.72. The molecule has 1 fully saturated rings. The average molecular weight is 362 g/mol. The fraction of sp³-hybridized carbons (Fsp3) is 0.304. The van der Waals surface area contributed by atoms with Gasteiger partial charge in [-0.05, 0) is 35.0 Å². The SMILES string of the molecule is COc1ccccc1N1CCN(CCOc2ccc3ccccc3c2)CC1. The van der Waals surface area contributed by atoms with Crippen molar-refractivity contribution in [2.24, 2.45) is 0 Å². The number of benzene rings is 3. The smallest absolute Gasteiger partial charge is 0.142 e. The summed E-state index contributed by atoms with van der Waals surface area (Å²) in [4.78, 5) is 4.87. The summed E-state index contributed by atoms with van der Waals surface area (Å²) in [5.74, 6) is 1.90. The fourth-order valence-corrected chi connectivity index (χ4v) is 3.65. The molecule has 140 valence electrons. The highest BCUT2D eigenvalue weighted by atomic mass is 16.5. The molecule has 0 atom stereocenters. The van der Waals surface area contributed by atoms with Crippen LogP contribution in [0.5, 0.6) is 11.5 Å². The van der Waals surface area contributed by atoms with Crippen LogP contribution in [0, 0.1) is 0 Å². The van der Waals surface area contributed by atoms with Crippen molar-refractivity contribution < 1.29 is 9.47 Å². The van der Waals surface area contributed by atoms with E-state index in [0.717, 1.165) is 44.2 Å². The molecular formula is C23H26N2O2. The van der Waals surface area contributed by atoms with Gasteiger partial charge in [0.2, 0.25) is 0 Å². The lowest BCUT2D eigenvalue weighted by Crippen LogP contribution is -2.47. The largest absolute Gasteiger partial charge is 0.495 e. The van der Waals surface area contributed by atoms with Gasteiger partial charge in [-0.25, -0.2) is 0 Å². The molecule has 0 N–H and O–H groups in total. The molecule has 0 unspecified atom stereocenters. The second-order valence-electron chi connectivity index (χ2n) is 6.86. The van der Waals surface area contributed by atoms with Gasteiger partial charge in [-0.1, -0.05) is 42.5 Å². The van der Waals surface area contributed by atoms with Gasteiger partial charge in [-0.3, -0.25) is 4.90 Å². The lowest BCUT2D eigenvalue weighted by Gasteiger charge is -2.36. The number of rotatable bonds is 6. The molecule has 1 aliphatic rings. The predicted molar refractivity (Wildman–Crippen MR) is 111 cm³/mol. The van der Waals surface area contributed by atoms with E-state index in [1.165, 1.54) is 16.5 Å². The Labute approximate surface area is 160 Å². The number of hydrogen-bond donors (Lipinski definition) is 0. The number of ether oxygens (including phenoxy) is 2. The third-order valence-corrected chi connectivity index (χ3v) is 5.20. The van der Waals surface area contributed by atoms with E-state index in [0.29, 0.717) is 6.61 Å². The fourth-order valence-electron chi connectivity index (χ4n) is 3.65. The Morgan fingerprint density at radius 1 is 0.815 bits per heavy atom. The molecular weight excluding hydrogens is 336 g/mol. The van der Waals surface area contributed by atoms with Gasteiger partial charge < -0.3 is 14.4 Å². The molecule has 4 heteroatoms. The highest BCUT2D eigenvalue weighted by molar-refractivity contribution is 5.83. The van der Waals surface area contributed by atoms with Gasteiger partial charge in [0.25, 0.3) is 0 Å². The average Bonchev–Trinajstić information content (AvgIpc) is 2.74. The maximum atomic E-state index is 5.99. The van der Waals surface area contributed by atoms with Crippen LogP contribution in [0.2, 0.25) is 0 Å². The summed E-state index contributed by atoms with van der Waals surface area (Å²) in [6.45, 7) is 5.77. The van der Waals surface area contributed by atoms with E-state index in [4.69, 9.17) is 9.47 Å². The first-order valence-electron chi connectivity index (χ1n) is 9.55. The number of piperazine rings is 1. The van der Waals surface area contributed by atoms with Gasteiger partial charge in [0.15, 0.2) is 0 Å². The third kappa shape index (κ3) is 4.17. The molecule has 0 bridgehead atoms. The first kappa shape index (κ1) is 17.7. The zero-order chi connectivity index (χ0) is 18.5. The van der Waals surface area contributed by atoms with Crippen molar-refractivity contribution in [1.82, 2.24) is 4.90 Å².